The highest BCUT2D eigenvalue weighted by atomic mass is 32.2. The maximum absolute atomic E-state index is 12.0. The Morgan fingerprint density at radius 3 is 2.65 bits per heavy atom. The van der Waals surface area contributed by atoms with Crippen molar-refractivity contribution in [2.24, 2.45) is 5.92 Å². The summed E-state index contributed by atoms with van der Waals surface area (Å²) in [7, 11) is -3.13. The Morgan fingerprint density at radius 2 is 2.04 bits per heavy atom. The first kappa shape index (κ1) is 18.5. The monoisotopic (exact) mass is 394 g/mol. The summed E-state index contributed by atoms with van der Waals surface area (Å²) in [4.78, 5) is 29.9. The van der Waals surface area contributed by atoms with Gasteiger partial charge >= 0.3 is 5.97 Å². The second-order valence-corrected chi connectivity index (χ2v) is 9.08. The van der Waals surface area contributed by atoms with E-state index < -0.39 is 21.7 Å². The van der Waals surface area contributed by atoms with E-state index in [0.29, 0.717) is 22.9 Å². The maximum atomic E-state index is 12.0. The minimum absolute atomic E-state index is 0.0261. The zero-order valence-corrected chi connectivity index (χ0v) is 15.8. The molecule has 9 heteroatoms. The largest absolute Gasteiger partial charge is 0.459 e. The minimum Gasteiger partial charge on any atom is -0.459 e. The first-order chi connectivity index (χ1) is 12.4. The molecule has 7 nitrogen and oxygen atoms in total. The van der Waals surface area contributed by atoms with E-state index in [2.05, 4.69) is 4.98 Å². The number of para-hydroxylation sites is 1. The number of thiazole rings is 1. The van der Waals surface area contributed by atoms with Crippen molar-refractivity contribution in [1.82, 2.24) is 4.98 Å². The number of sulfone groups is 1. The van der Waals surface area contributed by atoms with Crippen LogP contribution in [0.2, 0.25) is 0 Å². The predicted octanol–water partition coefficient (Wildman–Crippen LogP) is 2.31. The second-order valence-electron chi connectivity index (χ2n) is 6.02. The van der Waals surface area contributed by atoms with Gasteiger partial charge in [0.25, 0.3) is 0 Å². The Balaban J connectivity index is 1.66. The van der Waals surface area contributed by atoms with E-state index in [1.807, 2.05) is 30.3 Å². The fourth-order valence-electron chi connectivity index (χ4n) is 2.71. The van der Waals surface area contributed by atoms with E-state index in [0.717, 1.165) is 0 Å². The van der Waals surface area contributed by atoms with Crippen molar-refractivity contribution in [2.45, 2.75) is 20.0 Å². The van der Waals surface area contributed by atoms with Crippen LogP contribution in [0.1, 0.15) is 19.0 Å². The summed E-state index contributed by atoms with van der Waals surface area (Å²) in [6, 6.07) is 9.14. The molecule has 0 spiro atoms. The Labute approximate surface area is 155 Å². The van der Waals surface area contributed by atoms with Gasteiger partial charge < -0.3 is 4.74 Å². The zero-order chi connectivity index (χ0) is 18.7. The summed E-state index contributed by atoms with van der Waals surface area (Å²) in [5.74, 6) is -1.42. The lowest BCUT2D eigenvalue weighted by Crippen LogP contribution is -2.22. The average Bonchev–Trinajstić information content (AvgIpc) is 3.20. The second kappa shape index (κ2) is 7.55. The van der Waals surface area contributed by atoms with Crippen molar-refractivity contribution in [3.8, 4) is 0 Å². The highest BCUT2D eigenvalue weighted by Gasteiger charge is 2.34. The van der Waals surface area contributed by atoms with Crippen LogP contribution < -0.4 is 4.90 Å². The molecule has 1 fully saturated rings. The van der Waals surface area contributed by atoms with Gasteiger partial charge in [-0.1, -0.05) is 18.2 Å². The van der Waals surface area contributed by atoms with Crippen LogP contribution in [0.15, 0.2) is 35.7 Å². The third kappa shape index (κ3) is 4.28. The molecule has 0 N–H and O–H groups in total. The van der Waals surface area contributed by atoms with Gasteiger partial charge in [-0.25, -0.2) is 13.4 Å². The lowest BCUT2D eigenvalue weighted by molar-refractivity contribution is -0.149. The quantitative estimate of drug-likeness (QED) is 0.723. The first-order valence-electron chi connectivity index (χ1n) is 8.03. The summed E-state index contributed by atoms with van der Waals surface area (Å²) >= 11 is 1.27. The number of rotatable bonds is 5. The molecule has 1 aliphatic heterocycles. The molecule has 0 unspecified atom stereocenters. The molecule has 138 valence electrons. The Hall–Kier alpha value is -2.26. The molecule has 1 amide bonds. The van der Waals surface area contributed by atoms with Gasteiger partial charge in [0, 0.05) is 12.3 Å². The third-order valence-electron chi connectivity index (χ3n) is 3.99. The number of hydrogen-bond acceptors (Lipinski definition) is 7. The van der Waals surface area contributed by atoms with Crippen molar-refractivity contribution in [1.29, 1.82) is 0 Å². The number of benzene rings is 1. The van der Waals surface area contributed by atoms with E-state index in [-0.39, 0.29) is 24.0 Å². The van der Waals surface area contributed by atoms with Crippen LogP contribution in [0.5, 0.6) is 0 Å². The molecule has 1 aliphatic rings. The van der Waals surface area contributed by atoms with Crippen LogP contribution in [-0.2, 0) is 30.8 Å². The topological polar surface area (TPSA) is 93.6 Å². The first-order valence-corrected chi connectivity index (χ1v) is 10.7. The number of nitrogens with zero attached hydrogens (tertiary/aromatic N) is 2. The number of aromatic nitrogens is 1. The van der Waals surface area contributed by atoms with Gasteiger partial charge in [0.15, 0.2) is 15.0 Å². The molecule has 0 bridgehead atoms. The third-order valence-corrected chi connectivity index (χ3v) is 6.63. The van der Waals surface area contributed by atoms with Gasteiger partial charge in [0.2, 0.25) is 5.91 Å². The highest BCUT2D eigenvalue weighted by molar-refractivity contribution is 7.91. The number of ether oxygens (including phenoxy) is 1. The van der Waals surface area contributed by atoms with Crippen molar-refractivity contribution in [3.05, 3.63) is 41.4 Å². The molecule has 1 saturated heterocycles. The lowest BCUT2D eigenvalue weighted by atomic mass is 10.1. The van der Waals surface area contributed by atoms with Crippen LogP contribution in [0.25, 0.3) is 0 Å². The Morgan fingerprint density at radius 1 is 1.31 bits per heavy atom. The molecule has 26 heavy (non-hydrogen) atoms. The SMILES string of the molecule is CC(=O)N(c1ccccc1)c1nc(COC(=O)[C@@H]2CCS(=O)(=O)C2)cs1. The smallest absolute Gasteiger partial charge is 0.310 e. The number of amides is 1. The van der Waals surface area contributed by atoms with Crippen LogP contribution in [0.4, 0.5) is 10.8 Å². The minimum atomic E-state index is -3.13. The van der Waals surface area contributed by atoms with E-state index in [1.54, 1.807) is 5.38 Å². The van der Waals surface area contributed by atoms with Gasteiger partial charge in [-0.2, -0.15) is 0 Å². The predicted molar refractivity (Wildman–Crippen MR) is 97.9 cm³/mol. The summed E-state index contributed by atoms with van der Waals surface area (Å²) in [5, 5.41) is 2.20. The molecule has 0 saturated carbocycles. The summed E-state index contributed by atoms with van der Waals surface area (Å²) in [5.41, 5.74) is 1.22. The van der Waals surface area contributed by atoms with E-state index in [4.69, 9.17) is 4.74 Å². The molecule has 3 rings (SSSR count). The van der Waals surface area contributed by atoms with Crippen molar-refractivity contribution in [3.63, 3.8) is 0 Å². The van der Waals surface area contributed by atoms with Crippen molar-refractivity contribution < 1.29 is 22.7 Å². The Bertz CT molecular complexity index is 908. The number of hydrogen-bond donors (Lipinski definition) is 0. The van der Waals surface area contributed by atoms with Crippen molar-refractivity contribution >= 4 is 43.9 Å². The molecular formula is C17H18N2O5S2. The van der Waals surface area contributed by atoms with Crippen LogP contribution in [-0.4, -0.2) is 36.8 Å². The normalized spacial score (nSPS) is 18.4. The molecule has 1 aromatic heterocycles. The van der Waals surface area contributed by atoms with Gasteiger partial charge in [-0.15, -0.1) is 11.3 Å². The molecular weight excluding hydrogens is 376 g/mol. The number of carbonyl (C=O) groups is 2. The standard InChI is InChI=1S/C17H18N2O5S2/c1-12(20)19(15-5-3-2-4-6-15)17-18-14(10-25-17)9-24-16(21)13-7-8-26(22,23)11-13/h2-6,10,13H,7-9,11H2,1H3/t13-/m1/s1. The maximum Gasteiger partial charge on any atom is 0.310 e. The van der Waals surface area contributed by atoms with Crippen LogP contribution in [0.3, 0.4) is 0 Å². The van der Waals surface area contributed by atoms with E-state index >= 15 is 0 Å². The zero-order valence-electron chi connectivity index (χ0n) is 14.1. The van der Waals surface area contributed by atoms with E-state index in [9.17, 15) is 18.0 Å². The molecule has 2 heterocycles. The van der Waals surface area contributed by atoms with Gasteiger partial charge in [0.1, 0.15) is 6.61 Å². The van der Waals surface area contributed by atoms with Gasteiger partial charge in [-0.05, 0) is 18.6 Å². The summed E-state index contributed by atoms with van der Waals surface area (Å²) < 4.78 is 28.1. The molecule has 2 aromatic rings. The fourth-order valence-corrected chi connectivity index (χ4v) is 5.31. The average molecular weight is 394 g/mol. The van der Waals surface area contributed by atoms with E-state index in [1.165, 1.54) is 23.2 Å². The Kier molecular flexibility index (Phi) is 5.38. The van der Waals surface area contributed by atoms with Crippen molar-refractivity contribution in [2.75, 3.05) is 16.4 Å². The molecule has 0 radical (unpaired) electrons. The number of anilines is 2. The van der Waals surface area contributed by atoms with Gasteiger partial charge in [0.05, 0.1) is 28.8 Å². The summed E-state index contributed by atoms with van der Waals surface area (Å²) in [6.07, 6.45) is 0.301. The van der Waals surface area contributed by atoms with Crippen LogP contribution in [0, 0.1) is 5.92 Å². The summed E-state index contributed by atoms with van der Waals surface area (Å²) in [6.45, 7) is 1.40. The molecule has 1 aromatic carbocycles. The van der Waals surface area contributed by atoms with Gasteiger partial charge in [-0.3, -0.25) is 14.5 Å². The van der Waals surface area contributed by atoms with Crippen LogP contribution >= 0.6 is 11.3 Å². The fraction of sp³-hybridized carbons (Fsp3) is 0.353. The molecule has 0 aliphatic carbocycles. The lowest BCUT2D eigenvalue weighted by Gasteiger charge is -2.17. The highest BCUT2D eigenvalue weighted by Crippen LogP contribution is 2.29. The number of esters is 1. The number of carbonyl (C=O) groups excluding carboxylic acids is 2. The molecule has 1 atom stereocenters.